The van der Waals surface area contributed by atoms with Gasteiger partial charge in [0.15, 0.2) is 0 Å². The highest BCUT2D eigenvalue weighted by Crippen LogP contribution is 2.21. The molecule has 0 radical (unpaired) electrons. The van der Waals surface area contributed by atoms with E-state index in [2.05, 4.69) is 4.98 Å². The van der Waals surface area contributed by atoms with Gasteiger partial charge in [0.05, 0.1) is 5.69 Å². The van der Waals surface area contributed by atoms with Crippen molar-refractivity contribution < 1.29 is 0 Å². The van der Waals surface area contributed by atoms with Gasteiger partial charge in [-0.05, 0) is 24.3 Å². The van der Waals surface area contributed by atoms with E-state index in [-0.39, 0.29) is 0 Å². The summed E-state index contributed by atoms with van der Waals surface area (Å²) in [5.41, 5.74) is 9.27. The lowest BCUT2D eigenvalue weighted by molar-refractivity contribution is 1.19. The van der Waals surface area contributed by atoms with Gasteiger partial charge in [0.1, 0.15) is 5.65 Å². The molecule has 0 aliphatic heterocycles. The molecule has 0 unspecified atom stereocenters. The summed E-state index contributed by atoms with van der Waals surface area (Å²) >= 11 is 5.86. The Morgan fingerprint density at radius 2 is 1.76 bits per heavy atom. The number of nitrogens with two attached hydrogens (primary N) is 1. The molecule has 2 N–H and O–H groups in total. The predicted molar refractivity (Wildman–Crippen MR) is 70.1 cm³/mol. The van der Waals surface area contributed by atoms with Gasteiger partial charge in [-0.3, -0.25) is 0 Å². The highest BCUT2D eigenvalue weighted by Gasteiger charge is 2.04. The number of fused-ring (bicyclic) bond motifs is 1. The van der Waals surface area contributed by atoms with Crippen molar-refractivity contribution in [2.75, 3.05) is 5.73 Å². The van der Waals surface area contributed by atoms with Gasteiger partial charge in [-0.2, -0.15) is 0 Å². The van der Waals surface area contributed by atoms with Crippen LogP contribution in [0.2, 0.25) is 5.02 Å². The van der Waals surface area contributed by atoms with Crippen LogP contribution in [0.1, 0.15) is 0 Å². The first-order chi connectivity index (χ1) is 8.22. The van der Waals surface area contributed by atoms with Crippen molar-refractivity contribution in [3.63, 3.8) is 0 Å². The molecule has 0 saturated heterocycles. The zero-order valence-electron chi connectivity index (χ0n) is 8.97. The second-order valence-corrected chi connectivity index (χ2v) is 4.30. The number of imidazole rings is 1. The number of nitrogen functional groups attached to an aromatic ring is 1. The molecule has 1 aromatic carbocycles. The first kappa shape index (κ1) is 10.2. The maximum atomic E-state index is 5.86. The molecule has 0 saturated carbocycles. The summed E-state index contributed by atoms with van der Waals surface area (Å²) in [7, 11) is 0. The Morgan fingerprint density at radius 1 is 1.00 bits per heavy atom. The van der Waals surface area contributed by atoms with E-state index < -0.39 is 0 Å². The minimum absolute atomic E-state index is 0.720. The normalized spacial score (nSPS) is 10.9. The van der Waals surface area contributed by atoms with Gasteiger partial charge in [0, 0.05) is 28.7 Å². The first-order valence-corrected chi connectivity index (χ1v) is 5.60. The van der Waals surface area contributed by atoms with E-state index >= 15 is 0 Å². The summed E-state index contributed by atoms with van der Waals surface area (Å²) in [5.74, 6) is 0. The lowest BCUT2D eigenvalue weighted by Gasteiger charge is -1.95. The lowest BCUT2D eigenvalue weighted by atomic mass is 10.2. The van der Waals surface area contributed by atoms with E-state index in [1.165, 1.54) is 0 Å². The van der Waals surface area contributed by atoms with E-state index in [0.717, 1.165) is 27.6 Å². The van der Waals surface area contributed by atoms with Crippen LogP contribution in [0.3, 0.4) is 0 Å². The molecule has 3 aromatic rings. The minimum atomic E-state index is 0.720. The molecule has 3 nitrogen and oxygen atoms in total. The van der Waals surface area contributed by atoms with E-state index in [4.69, 9.17) is 17.3 Å². The van der Waals surface area contributed by atoms with Gasteiger partial charge < -0.3 is 10.1 Å². The molecule has 2 heterocycles. The van der Waals surface area contributed by atoms with Crippen LogP contribution in [0.25, 0.3) is 16.9 Å². The average molecular weight is 244 g/mol. The van der Waals surface area contributed by atoms with Crippen LogP contribution in [0.5, 0.6) is 0 Å². The molecule has 17 heavy (non-hydrogen) atoms. The summed E-state index contributed by atoms with van der Waals surface area (Å²) in [6, 6.07) is 11.4. The van der Waals surface area contributed by atoms with Crippen molar-refractivity contribution in [2.24, 2.45) is 0 Å². The van der Waals surface area contributed by atoms with Crippen LogP contribution >= 0.6 is 11.6 Å². The number of aromatic nitrogens is 2. The number of halogens is 1. The van der Waals surface area contributed by atoms with Crippen LogP contribution in [0, 0.1) is 0 Å². The van der Waals surface area contributed by atoms with Crippen molar-refractivity contribution in [2.45, 2.75) is 0 Å². The van der Waals surface area contributed by atoms with E-state index in [9.17, 15) is 0 Å². The fourth-order valence-electron chi connectivity index (χ4n) is 1.77. The minimum Gasteiger partial charge on any atom is -0.398 e. The molecule has 0 atom stereocenters. The summed E-state index contributed by atoms with van der Waals surface area (Å²) in [5, 5.41) is 0.724. The zero-order valence-corrected chi connectivity index (χ0v) is 9.72. The van der Waals surface area contributed by atoms with Gasteiger partial charge in [-0.25, -0.2) is 4.98 Å². The molecule has 0 spiro atoms. The monoisotopic (exact) mass is 243 g/mol. The third-order valence-corrected chi connectivity index (χ3v) is 2.87. The van der Waals surface area contributed by atoms with Gasteiger partial charge in [0.25, 0.3) is 0 Å². The van der Waals surface area contributed by atoms with Gasteiger partial charge in [-0.15, -0.1) is 0 Å². The molecule has 0 aliphatic carbocycles. The highest BCUT2D eigenvalue weighted by molar-refractivity contribution is 6.30. The number of rotatable bonds is 1. The molecular formula is C13H10ClN3. The van der Waals surface area contributed by atoms with Crippen LogP contribution in [0.15, 0.2) is 48.8 Å². The largest absolute Gasteiger partial charge is 0.398 e. The van der Waals surface area contributed by atoms with Gasteiger partial charge in [0.2, 0.25) is 0 Å². The molecule has 2 aromatic heterocycles. The fraction of sp³-hybridized carbons (Fsp3) is 0. The van der Waals surface area contributed by atoms with E-state index in [1.807, 2.05) is 53.2 Å². The molecule has 0 amide bonds. The van der Waals surface area contributed by atoms with Crippen molar-refractivity contribution in [1.82, 2.24) is 9.38 Å². The number of hydrogen-bond acceptors (Lipinski definition) is 2. The van der Waals surface area contributed by atoms with E-state index in [1.54, 1.807) is 0 Å². The summed E-state index contributed by atoms with van der Waals surface area (Å²) < 4.78 is 1.92. The maximum Gasteiger partial charge on any atom is 0.137 e. The van der Waals surface area contributed by atoms with E-state index in [0.29, 0.717) is 0 Å². The fourth-order valence-corrected chi connectivity index (χ4v) is 1.89. The average Bonchev–Trinajstić information content (AvgIpc) is 2.72. The predicted octanol–water partition coefficient (Wildman–Crippen LogP) is 3.24. The Morgan fingerprint density at radius 3 is 2.53 bits per heavy atom. The second kappa shape index (κ2) is 3.79. The van der Waals surface area contributed by atoms with Crippen molar-refractivity contribution in [3.05, 3.63) is 53.8 Å². The van der Waals surface area contributed by atoms with Gasteiger partial charge in [-0.1, -0.05) is 23.7 Å². The lowest BCUT2D eigenvalue weighted by Crippen LogP contribution is -1.88. The maximum absolute atomic E-state index is 5.86. The van der Waals surface area contributed by atoms with Crippen LogP contribution in [-0.2, 0) is 0 Å². The molecule has 0 bridgehead atoms. The topological polar surface area (TPSA) is 43.3 Å². The first-order valence-electron chi connectivity index (χ1n) is 5.22. The van der Waals surface area contributed by atoms with Crippen molar-refractivity contribution >= 4 is 22.9 Å². The Bertz CT molecular complexity index is 671. The number of pyridine rings is 1. The summed E-state index contributed by atoms with van der Waals surface area (Å²) in [6.07, 6.45) is 3.80. The quantitative estimate of drug-likeness (QED) is 0.713. The Balaban J connectivity index is 2.14. The SMILES string of the molecule is Nc1ccc2nc(-c3ccc(Cl)cc3)cn2c1. The standard InChI is InChI=1S/C13H10ClN3/c14-10-3-1-9(2-4-10)12-8-17-7-11(15)5-6-13(17)16-12/h1-8H,15H2. The smallest absolute Gasteiger partial charge is 0.137 e. The number of nitrogens with zero attached hydrogens (tertiary/aromatic N) is 2. The van der Waals surface area contributed by atoms with Crippen LogP contribution in [-0.4, -0.2) is 9.38 Å². The van der Waals surface area contributed by atoms with Crippen LogP contribution in [0.4, 0.5) is 5.69 Å². The number of anilines is 1. The molecule has 0 aliphatic rings. The summed E-state index contributed by atoms with van der Waals surface area (Å²) in [4.78, 5) is 4.52. The van der Waals surface area contributed by atoms with Crippen LogP contribution < -0.4 is 5.73 Å². The Kier molecular flexibility index (Phi) is 2.27. The van der Waals surface area contributed by atoms with Gasteiger partial charge >= 0.3 is 0 Å². The third-order valence-electron chi connectivity index (χ3n) is 2.61. The number of benzene rings is 1. The zero-order chi connectivity index (χ0) is 11.8. The molecular weight excluding hydrogens is 234 g/mol. The second-order valence-electron chi connectivity index (χ2n) is 3.86. The van der Waals surface area contributed by atoms with Crippen molar-refractivity contribution in [3.8, 4) is 11.3 Å². The van der Waals surface area contributed by atoms with Crippen molar-refractivity contribution in [1.29, 1.82) is 0 Å². The molecule has 4 heteroatoms. The molecule has 84 valence electrons. The Labute approximate surface area is 103 Å². The molecule has 0 fully saturated rings. The number of hydrogen-bond donors (Lipinski definition) is 1. The summed E-state index contributed by atoms with van der Waals surface area (Å²) in [6.45, 7) is 0. The molecule has 3 rings (SSSR count). The Hall–Kier alpha value is -2.00. The highest BCUT2D eigenvalue weighted by atomic mass is 35.5. The third kappa shape index (κ3) is 1.85.